The highest BCUT2D eigenvalue weighted by Crippen LogP contribution is 2.22. The summed E-state index contributed by atoms with van der Waals surface area (Å²) in [6, 6.07) is 1.79. The fraction of sp³-hybridized carbons (Fsp3) is 0.417. The molecule has 17 heavy (non-hydrogen) atoms. The van der Waals surface area contributed by atoms with Crippen molar-refractivity contribution in [1.82, 2.24) is 14.8 Å². The largest absolute Gasteiger partial charge is 0.478 e. The Morgan fingerprint density at radius 1 is 1.59 bits per heavy atom. The molecule has 0 aliphatic rings. The molecule has 5 nitrogen and oxygen atoms in total. The lowest BCUT2D eigenvalue weighted by Crippen LogP contribution is -2.07. The summed E-state index contributed by atoms with van der Waals surface area (Å²) in [5, 5.41) is 14.0. The van der Waals surface area contributed by atoms with Gasteiger partial charge < -0.3 is 5.11 Å². The molecule has 0 saturated carbocycles. The number of carboxylic acid groups (broad SMARTS) is 1. The molecule has 5 heteroatoms. The Balaban J connectivity index is 2.73. The maximum Gasteiger partial charge on any atom is 0.336 e. The van der Waals surface area contributed by atoms with Gasteiger partial charge in [-0.05, 0) is 26.3 Å². The molecule has 0 aliphatic heterocycles. The molecule has 0 aliphatic carbocycles. The van der Waals surface area contributed by atoms with Crippen LogP contribution in [0.15, 0.2) is 12.3 Å². The van der Waals surface area contributed by atoms with Crippen LogP contribution in [0, 0.1) is 6.92 Å². The Bertz CT molecular complexity index is 574. The van der Waals surface area contributed by atoms with Gasteiger partial charge in [0.15, 0.2) is 5.65 Å². The van der Waals surface area contributed by atoms with Crippen LogP contribution in [0.4, 0.5) is 0 Å². The van der Waals surface area contributed by atoms with Crippen LogP contribution in [0.5, 0.6) is 0 Å². The van der Waals surface area contributed by atoms with E-state index < -0.39 is 5.97 Å². The van der Waals surface area contributed by atoms with Gasteiger partial charge in [0.05, 0.1) is 23.2 Å². The Morgan fingerprint density at radius 3 is 2.88 bits per heavy atom. The lowest BCUT2D eigenvalue weighted by Gasteiger charge is -2.10. The first-order valence-corrected chi connectivity index (χ1v) is 5.62. The summed E-state index contributed by atoms with van der Waals surface area (Å²) in [5.74, 6) is -0.941. The fourth-order valence-electron chi connectivity index (χ4n) is 1.82. The smallest absolute Gasteiger partial charge is 0.336 e. The number of carboxylic acids is 1. The van der Waals surface area contributed by atoms with E-state index in [0.29, 0.717) is 16.7 Å². The predicted molar refractivity (Wildman–Crippen MR) is 64.2 cm³/mol. The second kappa shape index (κ2) is 4.16. The van der Waals surface area contributed by atoms with Crippen molar-refractivity contribution < 1.29 is 9.90 Å². The highest BCUT2D eigenvalue weighted by molar-refractivity contribution is 6.01. The minimum Gasteiger partial charge on any atom is -0.478 e. The van der Waals surface area contributed by atoms with Crippen LogP contribution in [0.3, 0.4) is 0 Å². The maximum absolute atomic E-state index is 11.2. The number of nitrogens with zero attached hydrogens (tertiary/aromatic N) is 3. The Kier molecular flexibility index (Phi) is 2.83. The fourth-order valence-corrected chi connectivity index (χ4v) is 1.82. The molecule has 0 unspecified atom stereocenters. The number of aromatic nitrogens is 3. The lowest BCUT2D eigenvalue weighted by atomic mass is 10.1. The first kappa shape index (κ1) is 11.6. The molecule has 0 spiro atoms. The van der Waals surface area contributed by atoms with E-state index >= 15 is 0 Å². The molecule has 0 saturated heterocycles. The van der Waals surface area contributed by atoms with E-state index in [4.69, 9.17) is 5.11 Å². The van der Waals surface area contributed by atoms with Crippen molar-refractivity contribution in [3.8, 4) is 0 Å². The third-order valence-electron chi connectivity index (χ3n) is 2.93. The highest BCUT2D eigenvalue weighted by Gasteiger charge is 2.16. The summed E-state index contributed by atoms with van der Waals surface area (Å²) in [5.41, 5.74) is 1.61. The molecular formula is C12H15N3O2. The van der Waals surface area contributed by atoms with Crippen molar-refractivity contribution in [2.24, 2.45) is 0 Å². The van der Waals surface area contributed by atoms with E-state index in [0.717, 1.165) is 6.42 Å². The average Bonchev–Trinajstić information content (AvgIpc) is 2.70. The zero-order chi connectivity index (χ0) is 12.6. The maximum atomic E-state index is 11.2. The highest BCUT2D eigenvalue weighted by atomic mass is 16.4. The number of aryl methyl sites for hydroxylation is 1. The summed E-state index contributed by atoms with van der Waals surface area (Å²) in [6.07, 6.45) is 2.51. The van der Waals surface area contributed by atoms with Crippen LogP contribution < -0.4 is 0 Å². The number of hydrogen-bond acceptors (Lipinski definition) is 3. The SMILES string of the molecule is CC[C@H](C)n1ncc2c(C(=O)O)cc(C)nc21. The van der Waals surface area contributed by atoms with E-state index in [1.165, 1.54) is 0 Å². The van der Waals surface area contributed by atoms with E-state index in [-0.39, 0.29) is 11.6 Å². The summed E-state index contributed by atoms with van der Waals surface area (Å²) in [4.78, 5) is 15.5. The second-order valence-corrected chi connectivity index (χ2v) is 4.20. The third kappa shape index (κ3) is 1.88. The van der Waals surface area contributed by atoms with Gasteiger partial charge in [0.2, 0.25) is 0 Å². The van der Waals surface area contributed by atoms with Gasteiger partial charge in [-0.1, -0.05) is 6.92 Å². The van der Waals surface area contributed by atoms with Crippen molar-refractivity contribution in [3.63, 3.8) is 0 Å². The zero-order valence-corrected chi connectivity index (χ0v) is 10.1. The molecule has 2 heterocycles. The van der Waals surface area contributed by atoms with Gasteiger partial charge in [0, 0.05) is 5.69 Å². The number of hydrogen-bond donors (Lipinski definition) is 1. The second-order valence-electron chi connectivity index (χ2n) is 4.20. The number of rotatable bonds is 3. The average molecular weight is 233 g/mol. The monoisotopic (exact) mass is 233 g/mol. The number of pyridine rings is 1. The molecule has 0 bridgehead atoms. The minimum atomic E-state index is -0.941. The topological polar surface area (TPSA) is 68.0 Å². The molecule has 1 atom stereocenters. The van der Waals surface area contributed by atoms with Gasteiger partial charge in [-0.15, -0.1) is 0 Å². The van der Waals surface area contributed by atoms with Crippen LogP contribution in [-0.4, -0.2) is 25.8 Å². The summed E-state index contributed by atoms with van der Waals surface area (Å²) in [7, 11) is 0. The molecule has 90 valence electrons. The normalized spacial score (nSPS) is 12.9. The van der Waals surface area contributed by atoms with Crippen molar-refractivity contribution in [2.75, 3.05) is 0 Å². The Labute approximate surface area is 99.1 Å². The standard InChI is InChI=1S/C12H15N3O2/c1-4-8(3)15-11-10(6-13-15)9(12(16)17)5-7(2)14-11/h5-6,8H,4H2,1-3H3,(H,16,17)/t8-/m0/s1. The van der Waals surface area contributed by atoms with Gasteiger partial charge >= 0.3 is 5.97 Å². The summed E-state index contributed by atoms with van der Waals surface area (Å²) < 4.78 is 1.79. The summed E-state index contributed by atoms with van der Waals surface area (Å²) in [6.45, 7) is 5.89. The van der Waals surface area contributed by atoms with Gasteiger partial charge in [0.25, 0.3) is 0 Å². The van der Waals surface area contributed by atoms with E-state index in [1.54, 1.807) is 23.9 Å². The van der Waals surface area contributed by atoms with Crippen LogP contribution in [0.25, 0.3) is 11.0 Å². The molecule has 1 N–H and O–H groups in total. The number of aromatic carboxylic acids is 1. The molecule has 2 rings (SSSR count). The molecule has 2 aromatic heterocycles. The van der Waals surface area contributed by atoms with Gasteiger partial charge in [0.1, 0.15) is 0 Å². The lowest BCUT2D eigenvalue weighted by molar-refractivity contribution is 0.0699. The van der Waals surface area contributed by atoms with Gasteiger partial charge in [-0.3, -0.25) is 0 Å². The first-order valence-electron chi connectivity index (χ1n) is 5.62. The minimum absolute atomic E-state index is 0.212. The van der Waals surface area contributed by atoms with Crippen LogP contribution in [-0.2, 0) is 0 Å². The first-order chi connectivity index (χ1) is 8.04. The molecule has 0 fully saturated rings. The Morgan fingerprint density at radius 2 is 2.29 bits per heavy atom. The van der Waals surface area contributed by atoms with Crippen LogP contribution in [0.2, 0.25) is 0 Å². The number of fused-ring (bicyclic) bond motifs is 1. The van der Waals surface area contributed by atoms with Crippen molar-refractivity contribution in [1.29, 1.82) is 0 Å². The third-order valence-corrected chi connectivity index (χ3v) is 2.93. The zero-order valence-electron chi connectivity index (χ0n) is 10.1. The van der Waals surface area contributed by atoms with Crippen molar-refractivity contribution in [2.45, 2.75) is 33.2 Å². The van der Waals surface area contributed by atoms with Crippen LogP contribution in [0.1, 0.15) is 42.4 Å². The molecule has 0 aromatic carbocycles. The molecule has 2 aromatic rings. The van der Waals surface area contributed by atoms with Gasteiger partial charge in [-0.2, -0.15) is 5.10 Å². The predicted octanol–water partition coefficient (Wildman–Crippen LogP) is 2.41. The molecule has 0 radical (unpaired) electrons. The van der Waals surface area contributed by atoms with E-state index in [2.05, 4.69) is 17.0 Å². The van der Waals surface area contributed by atoms with E-state index in [1.807, 2.05) is 6.92 Å². The van der Waals surface area contributed by atoms with E-state index in [9.17, 15) is 4.79 Å². The van der Waals surface area contributed by atoms with Crippen molar-refractivity contribution >= 4 is 17.0 Å². The quantitative estimate of drug-likeness (QED) is 0.883. The Hall–Kier alpha value is -1.91. The summed E-state index contributed by atoms with van der Waals surface area (Å²) >= 11 is 0. The van der Waals surface area contributed by atoms with Crippen molar-refractivity contribution in [3.05, 3.63) is 23.5 Å². The van der Waals surface area contributed by atoms with Gasteiger partial charge in [-0.25, -0.2) is 14.5 Å². The molecular weight excluding hydrogens is 218 g/mol. The molecule has 0 amide bonds. The number of carbonyl (C=O) groups is 1. The van der Waals surface area contributed by atoms with Crippen LogP contribution >= 0.6 is 0 Å².